The molecule has 24 heavy (non-hydrogen) atoms. The minimum Gasteiger partial charge on any atom is -0.497 e. The minimum absolute atomic E-state index is 0.123. The summed E-state index contributed by atoms with van der Waals surface area (Å²) in [7, 11) is 1.50. The van der Waals surface area contributed by atoms with Gasteiger partial charge in [0.1, 0.15) is 18.4 Å². The number of nitrogens with one attached hydrogen (secondary N) is 1. The summed E-state index contributed by atoms with van der Waals surface area (Å²) in [4.78, 5) is 4.32. The fourth-order valence-electron chi connectivity index (χ4n) is 2.29. The summed E-state index contributed by atoms with van der Waals surface area (Å²) in [6.45, 7) is 6.30. The molecule has 0 aliphatic carbocycles. The zero-order valence-electron chi connectivity index (χ0n) is 14.3. The molecule has 0 saturated carbocycles. The van der Waals surface area contributed by atoms with Crippen molar-refractivity contribution in [1.29, 1.82) is 0 Å². The average molecular weight is 344 g/mol. The van der Waals surface area contributed by atoms with Gasteiger partial charge in [-0.2, -0.15) is 13.2 Å². The van der Waals surface area contributed by atoms with Crippen LogP contribution in [0.1, 0.15) is 27.2 Å². The van der Waals surface area contributed by atoms with E-state index in [0.717, 1.165) is 0 Å². The predicted octanol–water partition coefficient (Wildman–Crippen LogP) is 4.27. The van der Waals surface area contributed by atoms with Crippen LogP contribution in [-0.2, 0) is 4.74 Å². The van der Waals surface area contributed by atoms with Crippen LogP contribution in [0.3, 0.4) is 0 Å². The average Bonchev–Trinajstić information content (AvgIpc) is 2.95. The van der Waals surface area contributed by atoms with Gasteiger partial charge in [-0.05, 0) is 29.7 Å². The molecule has 1 aliphatic rings. The lowest BCUT2D eigenvalue weighted by atomic mass is 9.88. The molecule has 0 fully saturated rings. The molecular formula is C17H23F3N2O2. The van der Waals surface area contributed by atoms with Crippen molar-refractivity contribution in [2.75, 3.05) is 19.0 Å². The molecule has 7 heteroatoms. The van der Waals surface area contributed by atoms with Crippen LogP contribution in [0.4, 0.5) is 18.9 Å². The number of methoxy groups -OCH3 is 1. The molecule has 0 saturated heterocycles. The monoisotopic (exact) mass is 344 g/mol. The van der Waals surface area contributed by atoms with Gasteiger partial charge in [0.2, 0.25) is 0 Å². The molecule has 1 aliphatic heterocycles. The fraction of sp³-hybridized carbons (Fsp3) is 0.588. The van der Waals surface area contributed by atoms with Crippen LogP contribution >= 0.6 is 0 Å². The number of rotatable bonds is 5. The first-order valence-electron chi connectivity index (χ1n) is 7.76. The van der Waals surface area contributed by atoms with E-state index in [2.05, 4.69) is 10.3 Å². The molecular weight excluding hydrogens is 321 g/mol. The Balaban J connectivity index is 2.09. The van der Waals surface area contributed by atoms with Gasteiger partial charge in [-0.15, -0.1) is 0 Å². The number of anilines is 1. The van der Waals surface area contributed by atoms with Gasteiger partial charge < -0.3 is 14.8 Å². The van der Waals surface area contributed by atoms with Gasteiger partial charge in [0, 0.05) is 5.69 Å². The molecule has 2 atom stereocenters. The number of halogens is 3. The number of hydrogen-bond acceptors (Lipinski definition) is 4. The van der Waals surface area contributed by atoms with Crippen molar-refractivity contribution >= 4 is 11.6 Å². The topological polar surface area (TPSA) is 42.8 Å². The Morgan fingerprint density at radius 1 is 1.25 bits per heavy atom. The molecule has 1 aromatic carbocycles. The van der Waals surface area contributed by atoms with E-state index in [0.29, 0.717) is 18.0 Å². The van der Waals surface area contributed by atoms with Crippen LogP contribution in [0, 0.1) is 5.41 Å². The van der Waals surface area contributed by atoms with E-state index in [9.17, 15) is 13.2 Å². The van der Waals surface area contributed by atoms with Crippen molar-refractivity contribution in [3.05, 3.63) is 24.3 Å². The zero-order chi connectivity index (χ0) is 18.0. The number of alkyl halides is 3. The first kappa shape index (κ1) is 18.4. The smallest absolute Gasteiger partial charge is 0.409 e. The normalized spacial score (nSPS) is 19.5. The van der Waals surface area contributed by atoms with Crippen molar-refractivity contribution in [3.63, 3.8) is 0 Å². The van der Waals surface area contributed by atoms with E-state index < -0.39 is 12.2 Å². The highest BCUT2D eigenvalue weighted by Gasteiger charge is 2.42. The molecule has 4 nitrogen and oxygen atoms in total. The predicted molar refractivity (Wildman–Crippen MR) is 87.7 cm³/mol. The number of benzene rings is 1. The first-order valence-corrected chi connectivity index (χ1v) is 7.76. The van der Waals surface area contributed by atoms with Gasteiger partial charge in [0.25, 0.3) is 0 Å². The molecule has 1 aromatic rings. The van der Waals surface area contributed by atoms with Crippen molar-refractivity contribution in [2.45, 2.75) is 45.5 Å². The molecule has 0 amide bonds. The van der Waals surface area contributed by atoms with Crippen LogP contribution in [0.2, 0.25) is 0 Å². The molecule has 0 aromatic heterocycles. The zero-order valence-corrected chi connectivity index (χ0v) is 14.3. The Kier molecular flexibility index (Phi) is 5.30. The maximum absolute atomic E-state index is 13.3. The van der Waals surface area contributed by atoms with E-state index in [1.165, 1.54) is 7.11 Å². The van der Waals surface area contributed by atoms with Crippen LogP contribution < -0.4 is 10.1 Å². The summed E-state index contributed by atoms with van der Waals surface area (Å²) in [5.74, 6) is 0.735. The summed E-state index contributed by atoms with van der Waals surface area (Å²) in [5, 5.41) is 2.51. The summed E-state index contributed by atoms with van der Waals surface area (Å²) >= 11 is 0. The lowest BCUT2D eigenvalue weighted by Gasteiger charge is -2.22. The number of nitrogens with zero attached hydrogens (tertiary/aromatic N) is 1. The van der Waals surface area contributed by atoms with Gasteiger partial charge >= 0.3 is 6.18 Å². The molecule has 0 bridgehead atoms. The Labute approximate surface area is 140 Å². The Hall–Kier alpha value is -1.92. The van der Waals surface area contributed by atoms with Crippen molar-refractivity contribution in [3.8, 4) is 5.75 Å². The summed E-state index contributed by atoms with van der Waals surface area (Å²) in [6.07, 6.45) is -4.74. The van der Waals surface area contributed by atoms with E-state index in [4.69, 9.17) is 9.47 Å². The van der Waals surface area contributed by atoms with E-state index in [1.54, 1.807) is 24.3 Å². The van der Waals surface area contributed by atoms with Crippen LogP contribution in [0.25, 0.3) is 0 Å². The highest BCUT2D eigenvalue weighted by atomic mass is 19.4. The van der Waals surface area contributed by atoms with Gasteiger partial charge in [-0.1, -0.05) is 20.8 Å². The van der Waals surface area contributed by atoms with Crippen molar-refractivity contribution < 1.29 is 22.6 Å². The highest BCUT2D eigenvalue weighted by Crippen LogP contribution is 2.31. The summed E-state index contributed by atoms with van der Waals surface area (Å²) < 4.78 is 50.4. The molecule has 2 rings (SSSR count). The fourth-order valence-corrected chi connectivity index (χ4v) is 2.29. The minimum atomic E-state index is -4.41. The molecule has 134 valence electrons. The van der Waals surface area contributed by atoms with Crippen LogP contribution in [-0.4, -0.2) is 37.9 Å². The van der Waals surface area contributed by atoms with Gasteiger partial charge in [0.05, 0.1) is 19.6 Å². The second-order valence-corrected chi connectivity index (χ2v) is 6.89. The number of aliphatic imine (C=N–C) groups is 1. The SMILES string of the molecule is COc1ccc(N[C@@H](CC2=N[C@@H](C(C)(C)C)CO2)C(F)(F)F)cc1. The second-order valence-electron chi connectivity index (χ2n) is 6.89. The third kappa shape index (κ3) is 4.79. The molecule has 1 N–H and O–H groups in total. The van der Waals surface area contributed by atoms with Gasteiger partial charge in [-0.25, -0.2) is 4.99 Å². The molecule has 0 unspecified atom stereocenters. The third-order valence-corrected chi connectivity index (χ3v) is 3.91. The Morgan fingerprint density at radius 2 is 1.88 bits per heavy atom. The lowest BCUT2D eigenvalue weighted by molar-refractivity contribution is -0.141. The van der Waals surface area contributed by atoms with Gasteiger partial charge in [0.15, 0.2) is 5.90 Å². The standard InChI is InChI=1S/C17H23F3N2O2/c1-16(2,3)14-10-24-15(22-14)9-13(17(18,19)20)21-11-5-7-12(23-4)8-6-11/h5-8,13-14,21H,9-10H2,1-4H3/t13-,14+/m0/s1. The lowest BCUT2D eigenvalue weighted by Crippen LogP contribution is -2.38. The largest absolute Gasteiger partial charge is 0.497 e. The van der Waals surface area contributed by atoms with E-state index in [1.807, 2.05) is 20.8 Å². The molecule has 0 spiro atoms. The highest BCUT2D eigenvalue weighted by molar-refractivity contribution is 5.79. The molecule has 1 heterocycles. The van der Waals surface area contributed by atoms with Gasteiger partial charge in [-0.3, -0.25) is 0 Å². The summed E-state index contributed by atoms with van der Waals surface area (Å²) in [6, 6.07) is 4.43. The van der Waals surface area contributed by atoms with Crippen molar-refractivity contribution in [1.82, 2.24) is 0 Å². The Morgan fingerprint density at radius 3 is 2.33 bits per heavy atom. The maximum atomic E-state index is 13.3. The molecule has 0 radical (unpaired) electrons. The van der Waals surface area contributed by atoms with Crippen LogP contribution in [0.15, 0.2) is 29.3 Å². The summed E-state index contributed by atoms with van der Waals surface area (Å²) in [5.41, 5.74) is 0.225. The second kappa shape index (κ2) is 6.91. The van der Waals surface area contributed by atoms with Crippen molar-refractivity contribution in [2.24, 2.45) is 10.4 Å². The number of hydrogen-bond donors (Lipinski definition) is 1. The van der Waals surface area contributed by atoms with E-state index in [-0.39, 0.29) is 23.8 Å². The quantitative estimate of drug-likeness (QED) is 0.867. The Bertz CT molecular complexity index is 577. The number of ether oxygens (including phenoxy) is 2. The first-order chi connectivity index (χ1) is 11.1. The third-order valence-electron chi connectivity index (χ3n) is 3.91. The van der Waals surface area contributed by atoms with E-state index >= 15 is 0 Å². The maximum Gasteiger partial charge on any atom is 0.409 e. The van der Waals surface area contributed by atoms with Crippen LogP contribution in [0.5, 0.6) is 5.75 Å².